The van der Waals surface area contributed by atoms with Crippen molar-refractivity contribution in [2.75, 3.05) is 14.1 Å². The Morgan fingerprint density at radius 2 is 2.26 bits per heavy atom. The summed E-state index contributed by atoms with van der Waals surface area (Å²) in [4.78, 5) is 18.8. The summed E-state index contributed by atoms with van der Waals surface area (Å²) >= 11 is 0. The molecule has 1 fully saturated rings. The van der Waals surface area contributed by atoms with Gasteiger partial charge in [0.15, 0.2) is 5.69 Å². The molecule has 5 heteroatoms. The summed E-state index contributed by atoms with van der Waals surface area (Å²) in [5.74, 6) is -0.0527. The molecule has 100 valence electrons. The van der Waals surface area contributed by atoms with Crippen molar-refractivity contribution >= 4 is 11.6 Å². The Morgan fingerprint density at radius 1 is 1.47 bits per heavy atom. The Bertz CT molecular complexity index is 613. The van der Waals surface area contributed by atoms with Crippen LogP contribution in [0.1, 0.15) is 29.0 Å². The summed E-state index contributed by atoms with van der Waals surface area (Å²) in [5.41, 5.74) is 2.31. The van der Waals surface area contributed by atoms with Crippen LogP contribution in [-0.2, 0) is 6.54 Å². The van der Waals surface area contributed by atoms with Crippen LogP contribution in [0.25, 0.3) is 5.65 Å². The van der Waals surface area contributed by atoms with E-state index in [0.29, 0.717) is 18.3 Å². The number of pyridine rings is 1. The van der Waals surface area contributed by atoms with Crippen LogP contribution < -0.4 is 5.32 Å². The molecule has 5 nitrogen and oxygen atoms in total. The maximum Gasteiger partial charge on any atom is 0.272 e. The second kappa shape index (κ2) is 4.66. The SMILES string of the molecule is CN(C)Cc1c(C(=O)NC2CC2)nc2ccccn12. The van der Waals surface area contributed by atoms with E-state index in [0.717, 1.165) is 24.2 Å². The first-order chi connectivity index (χ1) is 9.15. The Balaban J connectivity index is 2.02. The largest absolute Gasteiger partial charge is 0.348 e. The molecular weight excluding hydrogens is 240 g/mol. The first-order valence-corrected chi connectivity index (χ1v) is 6.56. The first-order valence-electron chi connectivity index (χ1n) is 6.56. The number of imidazole rings is 1. The Morgan fingerprint density at radius 3 is 2.95 bits per heavy atom. The minimum Gasteiger partial charge on any atom is -0.348 e. The van der Waals surface area contributed by atoms with Crippen molar-refractivity contribution in [2.24, 2.45) is 0 Å². The first kappa shape index (κ1) is 12.2. The summed E-state index contributed by atoms with van der Waals surface area (Å²) in [6, 6.07) is 6.16. The van der Waals surface area contributed by atoms with E-state index in [9.17, 15) is 4.79 Å². The number of aromatic nitrogens is 2. The second-order valence-electron chi connectivity index (χ2n) is 5.32. The van der Waals surface area contributed by atoms with Crippen LogP contribution in [0, 0.1) is 0 Å². The number of rotatable bonds is 4. The smallest absolute Gasteiger partial charge is 0.272 e. The van der Waals surface area contributed by atoms with E-state index in [1.54, 1.807) is 0 Å². The zero-order chi connectivity index (χ0) is 13.4. The molecule has 2 aromatic rings. The fourth-order valence-corrected chi connectivity index (χ4v) is 2.16. The number of hydrogen-bond donors (Lipinski definition) is 1. The number of carbonyl (C=O) groups is 1. The van der Waals surface area contributed by atoms with Crippen LogP contribution in [0.4, 0.5) is 0 Å². The minimum atomic E-state index is -0.0527. The zero-order valence-electron chi connectivity index (χ0n) is 11.3. The summed E-state index contributed by atoms with van der Waals surface area (Å²) < 4.78 is 1.99. The average Bonchev–Trinajstić information content (AvgIpc) is 3.11. The minimum absolute atomic E-state index is 0.0527. The van der Waals surface area contributed by atoms with Crippen LogP contribution in [0.15, 0.2) is 24.4 Å². The van der Waals surface area contributed by atoms with Crippen molar-refractivity contribution in [3.8, 4) is 0 Å². The molecular formula is C14H18N4O. The van der Waals surface area contributed by atoms with Gasteiger partial charge in [0, 0.05) is 18.8 Å². The van der Waals surface area contributed by atoms with Crippen molar-refractivity contribution in [1.82, 2.24) is 19.6 Å². The van der Waals surface area contributed by atoms with E-state index < -0.39 is 0 Å². The maximum atomic E-state index is 12.3. The summed E-state index contributed by atoms with van der Waals surface area (Å²) in [5, 5.41) is 3.01. The summed E-state index contributed by atoms with van der Waals surface area (Å²) in [7, 11) is 3.98. The zero-order valence-corrected chi connectivity index (χ0v) is 11.3. The molecule has 1 N–H and O–H groups in total. The van der Waals surface area contributed by atoms with Crippen LogP contribution in [-0.4, -0.2) is 40.3 Å². The molecule has 1 aliphatic carbocycles. The van der Waals surface area contributed by atoms with Crippen molar-refractivity contribution < 1.29 is 4.79 Å². The molecule has 0 bridgehead atoms. The van der Waals surface area contributed by atoms with Crippen molar-refractivity contribution in [3.05, 3.63) is 35.8 Å². The molecule has 0 radical (unpaired) electrons. The molecule has 0 atom stereocenters. The van der Waals surface area contributed by atoms with E-state index in [1.165, 1.54) is 0 Å². The normalized spacial score (nSPS) is 15.1. The average molecular weight is 258 g/mol. The number of hydrogen-bond acceptors (Lipinski definition) is 3. The lowest BCUT2D eigenvalue weighted by molar-refractivity contribution is 0.0945. The number of nitrogens with one attached hydrogen (secondary N) is 1. The number of nitrogens with zero attached hydrogens (tertiary/aromatic N) is 3. The van der Waals surface area contributed by atoms with Gasteiger partial charge in [-0.15, -0.1) is 0 Å². The lowest BCUT2D eigenvalue weighted by Gasteiger charge is -2.11. The third kappa shape index (κ3) is 2.46. The highest BCUT2D eigenvalue weighted by Gasteiger charge is 2.27. The monoisotopic (exact) mass is 258 g/mol. The molecule has 3 rings (SSSR count). The molecule has 19 heavy (non-hydrogen) atoms. The van der Waals surface area contributed by atoms with E-state index >= 15 is 0 Å². The predicted molar refractivity (Wildman–Crippen MR) is 73.1 cm³/mol. The highest BCUT2D eigenvalue weighted by molar-refractivity contribution is 5.94. The van der Waals surface area contributed by atoms with E-state index in [4.69, 9.17) is 0 Å². The van der Waals surface area contributed by atoms with Gasteiger partial charge >= 0.3 is 0 Å². The maximum absolute atomic E-state index is 12.3. The second-order valence-corrected chi connectivity index (χ2v) is 5.32. The fourth-order valence-electron chi connectivity index (χ4n) is 2.16. The quantitative estimate of drug-likeness (QED) is 0.899. The third-order valence-corrected chi connectivity index (χ3v) is 3.22. The van der Waals surface area contributed by atoms with Gasteiger partial charge in [-0.3, -0.25) is 4.79 Å². The van der Waals surface area contributed by atoms with E-state index in [1.807, 2.05) is 47.8 Å². The number of amides is 1. The molecule has 1 aliphatic rings. The van der Waals surface area contributed by atoms with Gasteiger partial charge in [0.05, 0.1) is 5.69 Å². The molecule has 1 amide bonds. The highest BCUT2D eigenvalue weighted by atomic mass is 16.2. The van der Waals surface area contributed by atoms with Gasteiger partial charge in [-0.1, -0.05) is 6.07 Å². The standard InChI is InChI=1S/C14H18N4O/c1-17(2)9-11-13(14(19)15-10-6-7-10)16-12-5-3-4-8-18(11)12/h3-5,8,10H,6-7,9H2,1-2H3,(H,15,19). The molecule has 2 aromatic heterocycles. The lowest BCUT2D eigenvalue weighted by atomic mass is 10.3. The van der Waals surface area contributed by atoms with E-state index in [-0.39, 0.29) is 5.91 Å². The molecule has 0 aliphatic heterocycles. The Labute approximate surface area is 112 Å². The number of carbonyl (C=O) groups excluding carboxylic acids is 1. The fraction of sp³-hybridized carbons (Fsp3) is 0.429. The summed E-state index contributed by atoms with van der Waals surface area (Å²) in [6.07, 6.45) is 4.12. The molecule has 0 saturated heterocycles. The number of fused-ring (bicyclic) bond motifs is 1. The molecule has 2 heterocycles. The van der Waals surface area contributed by atoms with Gasteiger partial charge in [0.25, 0.3) is 5.91 Å². The van der Waals surface area contributed by atoms with Crippen molar-refractivity contribution in [1.29, 1.82) is 0 Å². The van der Waals surface area contributed by atoms with Gasteiger partial charge in [0.2, 0.25) is 0 Å². The Hall–Kier alpha value is -1.88. The predicted octanol–water partition coefficient (Wildman–Crippen LogP) is 1.29. The van der Waals surface area contributed by atoms with E-state index in [2.05, 4.69) is 10.3 Å². The molecule has 0 unspecified atom stereocenters. The van der Waals surface area contributed by atoms with Gasteiger partial charge in [0.1, 0.15) is 5.65 Å². The van der Waals surface area contributed by atoms with Crippen LogP contribution in [0.5, 0.6) is 0 Å². The Kier molecular flexibility index (Phi) is 2.98. The van der Waals surface area contributed by atoms with Gasteiger partial charge in [-0.2, -0.15) is 0 Å². The van der Waals surface area contributed by atoms with Crippen LogP contribution >= 0.6 is 0 Å². The molecule has 0 spiro atoms. The van der Waals surface area contributed by atoms with Gasteiger partial charge < -0.3 is 14.6 Å². The topological polar surface area (TPSA) is 49.6 Å². The molecule has 0 aromatic carbocycles. The van der Waals surface area contributed by atoms with Crippen molar-refractivity contribution in [2.45, 2.75) is 25.4 Å². The lowest BCUT2D eigenvalue weighted by Crippen LogP contribution is -2.27. The van der Waals surface area contributed by atoms with Gasteiger partial charge in [-0.05, 0) is 39.1 Å². The van der Waals surface area contributed by atoms with Gasteiger partial charge in [-0.25, -0.2) is 4.98 Å². The third-order valence-electron chi connectivity index (χ3n) is 3.22. The van der Waals surface area contributed by atoms with Crippen LogP contribution in [0.3, 0.4) is 0 Å². The highest BCUT2D eigenvalue weighted by Crippen LogP contribution is 2.20. The molecule has 1 saturated carbocycles. The summed E-state index contributed by atoms with van der Waals surface area (Å²) in [6.45, 7) is 0.693. The van der Waals surface area contributed by atoms with Crippen LogP contribution in [0.2, 0.25) is 0 Å². The van der Waals surface area contributed by atoms with Crippen molar-refractivity contribution in [3.63, 3.8) is 0 Å².